The molecule has 0 radical (unpaired) electrons. The molecule has 0 aromatic rings. The van der Waals surface area contributed by atoms with E-state index in [9.17, 15) is 43.2 Å². The van der Waals surface area contributed by atoms with Gasteiger partial charge in [0.2, 0.25) is 0 Å². The van der Waals surface area contributed by atoms with E-state index in [0.717, 1.165) is 114 Å². The number of ether oxygens (including phenoxy) is 4. The summed E-state index contributed by atoms with van der Waals surface area (Å²) in [4.78, 5) is 72.3. The Bertz CT molecular complexity index is 1700. The van der Waals surface area contributed by atoms with Crippen molar-refractivity contribution < 1.29 is 80.2 Å². The van der Waals surface area contributed by atoms with Crippen molar-refractivity contribution in [1.82, 2.24) is 0 Å². The van der Waals surface area contributed by atoms with E-state index in [1.807, 2.05) is 0 Å². The molecule has 0 heterocycles. The number of phosphoric acid groups is 2. The van der Waals surface area contributed by atoms with Gasteiger partial charge in [0.05, 0.1) is 26.4 Å². The number of rotatable bonds is 63. The first-order chi connectivity index (χ1) is 40.6. The molecule has 0 saturated heterocycles. The van der Waals surface area contributed by atoms with Crippen molar-refractivity contribution in [2.24, 2.45) is 23.7 Å². The first-order valence-electron chi connectivity index (χ1n) is 34.2. The Balaban J connectivity index is 5.23. The summed E-state index contributed by atoms with van der Waals surface area (Å²) in [7, 11) is -9.89. The van der Waals surface area contributed by atoms with Gasteiger partial charge in [0, 0.05) is 25.7 Å². The molecular formula is C66H128O17P2. The molecule has 19 heteroatoms. The monoisotopic (exact) mass is 1250 g/mol. The fraction of sp³-hybridized carbons (Fsp3) is 0.939. The molecule has 0 aromatic heterocycles. The second kappa shape index (κ2) is 56.1. The Kier molecular flexibility index (Phi) is 54.8. The van der Waals surface area contributed by atoms with Gasteiger partial charge in [0.15, 0.2) is 12.2 Å². The van der Waals surface area contributed by atoms with E-state index in [1.165, 1.54) is 116 Å². The smallest absolute Gasteiger partial charge is 0.462 e. The van der Waals surface area contributed by atoms with Crippen LogP contribution in [0.1, 0.15) is 319 Å². The molecule has 0 aliphatic rings. The number of hydrogen-bond acceptors (Lipinski definition) is 15. The maximum Gasteiger partial charge on any atom is 0.472 e. The van der Waals surface area contributed by atoms with Crippen LogP contribution in [0.2, 0.25) is 0 Å². The van der Waals surface area contributed by atoms with Gasteiger partial charge in [0.25, 0.3) is 0 Å². The Labute approximate surface area is 517 Å². The third kappa shape index (κ3) is 59.5. The fourth-order valence-electron chi connectivity index (χ4n) is 9.75. The van der Waals surface area contributed by atoms with E-state index < -0.39 is 97.5 Å². The summed E-state index contributed by atoms with van der Waals surface area (Å²) in [6.45, 7) is 13.9. The van der Waals surface area contributed by atoms with Gasteiger partial charge in [-0.25, -0.2) is 9.13 Å². The predicted octanol–water partition coefficient (Wildman–Crippen LogP) is 18.1. The first kappa shape index (κ1) is 83.1. The molecule has 504 valence electrons. The number of phosphoric ester groups is 2. The standard InChI is InChI=1S/C66H128O17P2/c1-9-59(8)45-37-29-23-25-33-41-49-66(71)83-62(53-77-64(69)47-39-31-24-22-28-36-44-58(6)7)55-81-85(74,75)79-51-60(67)50-78-84(72,73)80-54-61(82-65(70)48-40-32-21-17-16-19-27-35-43-57(4)5)52-76-63(68)46-38-30-20-15-13-11-10-12-14-18-26-34-42-56(2)3/h56-62,67H,9-55H2,1-8H3,(H,72,73)(H,74,75)/t59?,60-,61-,62-/m1/s1. The van der Waals surface area contributed by atoms with E-state index >= 15 is 0 Å². The molecule has 0 bridgehead atoms. The van der Waals surface area contributed by atoms with Crippen LogP contribution in [0, 0.1) is 23.7 Å². The van der Waals surface area contributed by atoms with Gasteiger partial charge in [-0.3, -0.25) is 37.3 Å². The Morgan fingerprint density at radius 2 is 0.565 bits per heavy atom. The lowest BCUT2D eigenvalue weighted by molar-refractivity contribution is -0.161. The molecule has 0 amide bonds. The molecule has 0 aromatic carbocycles. The third-order valence-corrected chi connectivity index (χ3v) is 17.3. The second-order valence-corrected chi connectivity index (χ2v) is 28.4. The van der Waals surface area contributed by atoms with Gasteiger partial charge in [-0.05, 0) is 49.4 Å². The zero-order valence-electron chi connectivity index (χ0n) is 55.2. The summed E-state index contributed by atoms with van der Waals surface area (Å²) in [6, 6.07) is 0. The lowest BCUT2D eigenvalue weighted by Crippen LogP contribution is -2.30. The summed E-state index contributed by atoms with van der Waals surface area (Å²) in [5, 5.41) is 10.5. The summed E-state index contributed by atoms with van der Waals surface area (Å²) in [6.07, 6.45) is 36.4. The van der Waals surface area contributed by atoms with Crippen LogP contribution in [-0.4, -0.2) is 96.7 Å². The maximum atomic E-state index is 13.0. The molecule has 0 fully saturated rings. The minimum Gasteiger partial charge on any atom is -0.462 e. The highest BCUT2D eigenvalue weighted by atomic mass is 31.2. The second-order valence-electron chi connectivity index (χ2n) is 25.5. The highest BCUT2D eigenvalue weighted by Gasteiger charge is 2.30. The van der Waals surface area contributed by atoms with Crippen molar-refractivity contribution in [3.8, 4) is 0 Å². The quantitative estimate of drug-likeness (QED) is 0.0222. The molecule has 85 heavy (non-hydrogen) atoms. The number of esters is 4. The Morgan fingerprint density at radius 1 is 0.329 bits per heavy atom. The van der Waals surface area contributed by atoms with Crippen LogP contribution < -0.4 is 0 Å². The number of carbonyl (C=O) groups is 4. The zero-order chi connectivity index (χ0) is 63.2. The molecule has 0 spiro atoms. The summed E-state index contributed by atoms with van der Waals surface area (Å²) >= 11 is 0. The van der Waals surface area contributed by atoms with E-state index in [-0.39, 0.29) is 25.7 Å². The molecular weight excluding hydrogens is 1130 g/mol. The van der Waals surface area contributed by atoms with Crippen molar-refractivity contribution in [2.75, 3.05) is 39.6 Å². The van der Waals surface area contributed by atoms with Crippen LogP contribution in [-0.2, 0) is 65.4 Å². The lowest BCUT2D eigenvalue weighted by atomic mass is 10.00. The van der Waals surface area contributed by atoms with Gasteiger partial charge in [-0.1, -0.05) is 267 Å². The topological polar surface area (TPSA) is 237 Å². The van der Waals surface area contributed by atoms with Crippen molar-refractivity contribution in [3.63, 3.8) is 0 Å². The molecule has 3 unspecified atom stereocenters. The third-order valence-electron chi connectivity index (χ3n) is 15.4. The van der Waals surface area contributed by atoms with Crippen molar-refractivity contribution in [2.45, 2.75) is 337 Å². The van der Waals surface area contributed by atoms with Crippen LogP contribution in [0.5, 0.6) is 0 Å². The van der Waals surface area contributed by atoms with Gasteiger partial charge >= 0.3 is 39.5 Å². The Hall–Kier alpha value is -1.94. The molecule has 3 N–H and O–H groups in total. The van der Waals surface area contributed by atoms with E-state index in [4.69, 9.17) is 37.0 Å². The van der Waals surface area contributed by atoms with Crippen LogP contribution in [0.3, 0.4) is 0 Å². The minimum absolute atomic E-state index is 0.101. The number of aliphatic hydroxyl groups excluding tert-OH is 1. The van der Waals surface area contributed by atoms with Crippen LogP contribution in [0.4, 0.5) is 0 Å². The normalized spacial score (nSPS) is 14.7. The molecule has 0 rings (SSSR count). The first-order valence-corrected chi connectivity index (χ1v) is 37.2. The summed E-state index contributed by atoms with van der Waals surface area (Å²) < 4.78 is 68.0. The summed E-state index contributed by atoms with van der Waals surface area (Å²) in [5.41, 5.74) is 0. The summed E-state index contributed by atoms with van der Waals surface area (Å²) in [5.74, 6) is 0.759. The van der Waals surface area contributed by atoms with Crippen LogP contribution >= 0.6 is 15.6 Å². The molecule has 6 atom stereocenters. The highest BCUT2D eigenvalue weighted by Crippen LogP contribution is 2.45. The molecule has 0 aliphatic carbocycles. The number of aliphatic hydroxyl groups is 1. The molecule has 0 saturated carbocycles. The van der Waals surface area contributed by atoms with Crippen LogP contribution in [0.25, 0.3) is 0 Å². The maximum absolute atomic E-state index is 13.0. The van der Waals surface area contributed by atoms with Crippen molar-refractivity contribution in [3.05, 3.63) is 0 Å². The van der Waals surface area contributed by atoms with Gasteiger partial charge in [-0.15, -0.1) is 0 Å². The molecule has 17 nitrogen and oxygen atoms in total. The SMILES string of the molecule is CCC(C)CCCCCCCCC(=O)O[C@H](COC(=O)CCCCCCCCC(C)C)COP(=O)(O)OC[C@H](O)COP(=O)(O)OC[C@@H](COC(=O)CCCCCCCCCCCCCCC(C)C)OC(=O)CCCCCCCCCCC(C)C. The van der Waals surface area contributed by atoms with Crippen molar-refractivity contribution >= 4 is 39.5 Å². The highest BCUT2D eigenvalue weighted by molar-refractivity contribution is 7.47. The average Bonchev–Trinajstić information content (AvgIpc) is 3.55. The van der Waals surface area contributed by atoms with Crippen LogP contribution in [0.15, 0.2) is 0 Å². The average molecular weight is 1260 g/mol. The number of unbranched alkanes of at least 4 members (excludes halogenated alkanes) is 28. The minimum atomic E-state index is -4.95. The van der Waals surface area contributed by atoms with E-state index in [1.54, 1.807) is 0 Å². The predicted molar refractivity (Wildman–Crippen MR) is 340 cm³/mol. The Morgan fingerprint density at radius 3 is 0.835 bits per heavy atom. The number of hydrogen-bond donors (Lipinski definition) is 3. The van der Waals surface area contributed by atoms with Gasteiger partial charge in [-0.2, -0.15) is 0 Å². The van der Waals surface area contributed by atoms with Gasteiger partial charge < -0.3 is 33.8 Å². The molecule has 0 aliphatic heterocycles. The van der Waals surface area contributed by atoms with E-state index in [2.05, 4.69) is 55.4 Å². The zero-order valence-corrected chi connectivity index (χ0v) is 57.0. The van der Waals surface area contributed by atoms with Gasteiger partial charge in [0.1, 0.15) is 19.3 Å². The van der Waals surface area contributed by atoms with E-state index in [0.29, 0.717) is 31.6 Å². The fourth-order valence-corrected chi connectivity index (χ4v) is 11.3. The lowest BCUT2D eigenvalue weighted by Gasteiger charge is -2.21. The largest absolute Gasteiger partial charge is 0.472 e. The number of carbonyl (C=O) groups excluding carboxylic acids is 4. The van der Waals surface area contributed by atoms with Crippen molar-refractivity contribution in [1.29, 1.82) is 0 Å².